The molecule has 0 aromatic carbocycles. The molecule has 6 heteroatoms. The average Bonchev–Trinajstić information content (AvgIpc) is 2.32. The highest BCUT2D eigenvalue weighted by molar-refractivity contribution is 9.09. The van der Waals surface area contributed by atoms with Crippen molar-refractivity contribution in [2.75, 3.05) is 25.5 Å². The van der Waals surface area contributed by atoms with Crippen molar-refractivity contribution in [3.8, 4) is 0 Å². The van der Waals surface area contributed by atoms with E-state index in [1.54, 1.807) is 0 Å². The van der Waals surface area contributed by atoms with E-state index < -0.39 is 6.03 Å². The van der Waals surface area contributed by atoms with E-state index in [1.807, 2.05) is 0 Å². The fraction of sp³-hybridized carbons (Fsp3) is 0.571. The Morgan fingerprint density at radius 1 is 1.54 bits per heavy atom. The number of imide groups is 1. The maximum Gasteiger partial charge on any atom is 0.327 e. The highest BCUT2D eigenvalue weighted by Crippen LogP contribution is 2.07. The van der Waals surface area contributed by atoms with Crippen LogP contribution in [0, 0.1) is 0 Å². The summed E-state index contributed by atoms with van der Waals surface area (Å²) in [5.41, 5.74) is 0. The summed E-state index contributed by atoms with van der Waals surface area (Å²) < 4.78 is 0. The Morgan fingerprint density at radius 2 is 2.15 bits per heavy atom. The minimum absolute atomic E-state index is 0.0639. The van der Waals surface area contributed by atoms with Crippen LogP contribution in [0.5, 0.6) is 0 Å². The van der Waals surface area contributed by atoms with Gasteiger partial charge >= 0.3 is 6.03 Å². The number of carbonyl (C=O) groups excluding carboxylic acids is 3. The molecule has 1 rings (SSSR count). The van der Waals surface area contributed by atoms with E-state index in [4.69, 9.17) is 0 Å². The van der Waals surface area contributed by atoms with Gasteiger partial charge in [0.15, 0.2) is 5.78 Å². The molecule has 3 amide bonds. The maximum atomic E-state index is 11.2. The number of carbonyl (C=O) groups is 3. The van der Waals surface area contributed by atoms with Crippen LogP contribution in [0.2, 0.25) is 0 Å². The number of alkyl halides is 1. The zero-order valence-corrected chi connectivity index (χ0v) is 8.70. The largest absolute Gasteiger partial charge is 0.327 e. The molecule has 1 aliphatic heterocycles. The second kappa shape index (κ2) is 3.87. The summed E-state index contributed by atoms with van der Waals surface area (Å²) in [5, 5.41) is 0.160. The van der Waals surface area contributed by atoms with Gasteiger partial charge in [-0.2, -0.15) is 0 Å². The molecule has 0 radical (unpaired) electrons. The molecule has 72 valence electrons. The van der Waals surface area contributed by atoms with Crippen LogP contribution in [-0.4, -0.2) is 53.0 Å². The van der Waals surface area contributed by atoms with Crippen LogP contribution in [0.15, 0.2) is 0 Å². The number of likely N-dealkylation sites (N-methyl/N-ethyl adjacent to an activating group) is 1. The second-order valence-electron chi connectivity index (χ2n) is 2.79. The van der Waals surface area contributed by atoms with Crippen molar-refractivity contribution in [2.45, 2.75) is 0 Å². The molecule has 0 atom stereocenters. The first kappa shape index (κ1) is 10.2. The van der Waals surface area contributed by atoms with Crippen molar-refractivity contribution in [1.29, 1.82) is 0 Å². The Kier molecular flexibility index (Phi) is 3.02. The van der Waals surface area contributed by atoms with Crippen molar-refractivity contribution in [1.82, 2.24) is 9.80 Å². The van der Waals surface area contributed by atoms with Gasteiger partial charge in [-0.25, -0.2) is 4.79 Å². The summed E-state index contributed by atoms with van der Waals surface area (Å²) >= 11 is 2.96. The number of Topliss-reactive ketones (excluding diaryl/α,β-unsaturated/α-hetero) is 1. The van der Waals surface area contributed by atoms with Crippen LogP contribution in [0.25, 0.3) is 0 Å². The van der Waals surface area contributed by atoms with Crippen molar-refractivity contribution in [3.05, 3.63) is 0 Å². The first-order chi connectivity index (χ1) is 6.06. The van der Waals surface area contributed by atoms with Gasteiger partial charge in [-0.15, -0.1) is 0 Å². The Labute approximate surface area is 83.8 Å². The van der Waals surface area contributed by atoms with Gasteiger partial charge in [-0.1, -0.05) is 15.9 Å². The smallest absolute Gasteiger partial charge is 0.318 e. The van der Waals surface area contributed by atoms with Gasteiger partial charge in [-0.3, -0.25) is 14.5 Å². The third kappa shape index (κ3) is 2.06. The Hall–Kier alpha value is -0.910. The number of nitrogens with zero attached hydrogens (tertiary/aromatic N) is 2. The molecule has 13 heavy (non-hydrogen) atoms. The summed E-state index contributed by atoms with van der Waals surface area (Å²) in [6.45, 7) is -0.0678. The standard InChI is InChI=1S/C7H9BrN2O3/c1-9-4-6(12)10(7(9)13)3-5(11)2-8/h2-4H2,1H3. The molecular formula is C7H9BrN2O3. The molecule has 0 saturated carbocycles. The number of rotatable bonds is 3. The lowest BCUT2D eigenvalue weighted by Gasteiger charge is -2.11. The molecule has 5 nitrogen and oxygen atoms in total. The highest BCUT2D eigenvalue weighted by Gasteiger charge is 2.34. The Bertz CT molecular complexity index is 266. The second-order valence-corrected chi connectivity index (χ2v) is 3.35. The van der Waals surface area contributed by atoms with Gasteiger partial charge in [0.1, 0.15) is 6.54 Å². The first-order valence-electron chi connectivity index (χ1n) is 3.69. The topological polar surface area (TPSA) is 57.7 Å². The van der Waals surface area contributed by atoms with E-state index in [9.17, 15) is 14.4 Å². The van der Waals surface area contributed by atoms with Gasteiger partial charge in [0, 0.05) is 7.05 Å². The van der Waals surface area contributed by atoms with Gasteiger partial charge in [0.25, 0.3) is 5.91 Å². The molecule has 0 spiro atoms. The lowest BCUT2D eigenvalue weighted by molar-refractivity contribution is -0.129. The molecule has 1 aliphatic rings. The Balaban J connectivity index is 2.64. The molecule has 0 N–H and O–H groups in total. The van der Waals surface area contributed by atoms with Crippen molar-refractivity contribution >= 4 is 33.7 Å². The highest BCUT2D eigenvalue weighted by atomic mass is 79.9. The number of halogens is 1. The quantitative estimate of drug-likeness (QED) is 0.516. The van der Waals surface area contributed by atoms with E-state index in [0.29, 0.717) is 0 Å². The van der Waals surface area contributed by atoms with E-state index in [1.165, 1.54) is 11.9 Å². The molecule has 0 aromatic heterocycles. The predicted molar refractivity (Wildman–Crippen MR) is 48.5 cm³/mol. The van der Waals surface area contributed by atoms with Crippen molar-refractivity contribution in [2.24, 2.45) is 0 Å². The summed E-state index contributed by atoms with van der Waals surface area (Å²) in [5.74, 6) is -0.501. The Morgan fingerprint density at radius 3 is 2.54 bits per heavy atom. The number of hydrogen-bond acceptors (Lipinski definition) is 3. The van der Waals surface area contributed by atoms with Crippen molar-refractivity contribution < 1.29 is 14.4 Å². The summed E-state index contributed by atoms with van der Waals surface area (Å²) in [6, 6.07) is -0.403. The van der Waals surface area contributed by atoms with Gasteiger partial charge in [0.05, 0.1) is 11.9 Å². The zero-order chi connectivity index (χ0) is 10.0. The van der Waals surface area contributed by atoms with Crippen LogP contribution in [0.3, 0.4) is 0 Å². The monoisotopic (exact) mass is 248 g/mol. The molecule has 1 fully saturated rings. The van der Waals surface area contributed by atoms with Crippen LogP contribution < -0.4 is 0 Å². The van der Waals surface area contributed by atoms with Gasteiger partial charge < -0.3 is 4.90 Å². The SMILES string of the molecule is CN1CC(=O)N(CC(=O)CBr)C1=O. The lowest BCUT2D eigenvalue weighted by Crippen LogP contribution is -2.36. The number of amides is 3. The zero-order valence-electron chi connectivity index (χ0n) is 7.12. The average molecular weight is 249 g/mol. The summed E-state index contributed by atoms with van der Waals surface area (Å²) in [7, 11) is 1.53. The third-order valence-corrected chi connectivity index (χ3v) is 2.34. The van der Waals surface area contributed by atoms with E-state index in [-0.39, 0.29) is 30.1 Å². The first-order valence-corrected chi connectivity index (χ1v) is 4.81. The van der Waals surface area contributed by atoms with Gasteiger partial charge in [-0.05, 0) is 0 Å². The number of ketones is 1. The minimum atomic E-state index is -0.403. The minimum Gasteiger partial charge on any atom is -0.318 e. The van der Waals surface area contributed by atoms with Crippen LogP contribution in [-0.2, 0) is 9.59 Å². The molecule has 0 aliphatic carbocycles. The number of hydrogen-bond donors (Lipinski definition) is 0. The summed E-state index contributed by atoms with van der Waals surface area (Å²) in [6.07, 6.45) is 0. The molecule has 0 aromatic rings. The van der Waals surface area contributed by atoms with Crippen molar-refractivity contribution in [3.63, 3.8) is 0 Å². The molecule has 1 heterocycles. The fourth-order valence-electron chi connectivity index (χ4n) is 1.04. The molecule has 1 saturated heterocycles. The van der Waals surface area contributed by atoms with Gasteiger partial charge in [0.2, 0.25) is 0 Å². The van der Waals surface area contributed by atoms with Crippen LogP contribution in [0.4, 0.5) is 4.79 Å². The fourth-order valence-corrected chi connectivity index (χ4v) is 1.22. The molecule has 0 bridgehead atoms. The predicted octanol–water partition coefficient (Wildman–Crippen LogP) is -0.156. The number of urea groups is 1. The maximum absolute atomic E-state index is 11.2. The normalized spacial score (nSPS) is 17.1. The summed E-state index contributed by atoms with van der Waals surface area (Å²) in [4.78, 5) is 35.6. The third-order valence-electron chi connectivity index (χ3n) is 1.71. The van der Waals surface area contributed by atoms with E-state index in [0.717, 1.165) is 4.90 Å². The lowest BCUT2D eigenvalue weighted by atomic mass is 10.4. The van der Waals surface area contributed by atoms with Crippen LogP contribution in [0.1, 0.15) is 0 Å². The molecule has 0 unspecified atom stereocenters. The van der Waals surface area contributed by atoms with Crippen LogP contribution >= 0.6 is 15.9 Å². The van der Waals surface area contributed by atoms with E-state index >= 15 is 0 Å². The van der Waals surface area contributed by atoms with E-state index in [2.05, 4.69) is 15.9 Å². The molecular weight excluding hydrogens is 240 g/mol.